The first-order chi connectivity index (χ1) is 13.0. The Morgan fingerprint density at radius 1 is 1.19 bits per heavy atom. The maximum absolute atomic E-state index is 12.8. The van der Waals surface area contributed by atoms with Crippen LogP contribution < -0.4 is 4.74 Å². The lowest BCUT2D eigenvalue weighted by Gasteiger charge is -2.37. The van der Waals surface area contributed by atoms with Gasteiger partial charge in [-0.25, -0.2) is 0 Å². The van der Waals surface area contributed by atoms with Gasteiger partial charge in [-0.1, -0.05) is 11.6 Å². The molecule has 5 nitrogen and oxygen atoms in total. The van der Waals surface area contributed by atoms with Gasteiger partial charge in [0, 0.05) is 37.2 Å². The van der Waals surface area contributed by atoms with Crippen LogP contribution in [0, 0.1) is 13.8 Å². The summed E-state index contributed by atoms with van der Waals surface area (Å²) in [7, 11) is 0. The Morgan fingerprint density at radius 3 is 2.59 bits per heavy atom. The summed E-state index contributed by atoms with van der Waals surface area (Å²) in [4.78, 5) is 17.3. The van der Waals surface area contributed by atoms with Crippen LogP contribution in [-0.2, 0) is 9.53 Å². The standard InChI is InChI=1S/C21H31ClN2O3/c1-16-13-19(14-17(2)21(16)22)27-15-20(25)24-7-4-3-5-18(24)6-8-23-9-11-26-12-10-23/h13-14,18H,3-12,15H2,1-2H3/t18-/m0/s1. The minimum absolute atomic E-state index is 0.0898. The summed E-state index contributed by atoms with van der Waals surface area (Å²) in [6.45, 7) is 9.52. The molecule has 2 aliphatic rings. The topological polar surface area (TPSA) is 42.0 Å². The van der Waals surface area contributed by atoms with E-state index in [9.17, 15) is 4.79 Å². The fourth-order valence-corrected chi connectivity index (χ4v) is 4.11. The molecule has 1 aromatic rings. The van der Waals surface area contributed by atoms with Gasteiger partial charge in [0.05, 0.1) is 13.2 Å². The summed E-state index contributed by atoms with van der Waals surface area (Å²) in [5.74, 6) is 0.802. The molecule has 0 saturated carbocycles. The molecule has 1 aromatic carbocycles. The Morgan fingerprint density at radius 2 is 1.89 bits per heavy atom. The van der Waals surface area contributed by atoms with Crippen molar-refractivity contribution in [2.45, 2.75) is 45.6 Å². The molecule has 0 aliphatic carbocycles. The van der Waals surface area contributed by atoms with Crippen molar-refractivity contribution < 1.29 is 14.3 Å². The van der Waals surface area contributed by atoms with E-state index < -0.39 is 0 Å². The lowest BCUT2D eigenvalue weighted by atomic mass is 9.99. The molecule has 1 atom stereocenters. The molecular formula is C21H31ClN2O3. The number of hydrogen-bond donors (Lipinski definition) is 0. The quantitative estimate of drug-likeness (QED) is 0.741. The van der Waals surface area contributed by atoms with E-state index in [0.29, 0.717) is 11.8 Å². The summed E-state index contributed by atoms with van der Waals surface area (Å²) in [6, 6.07) is 4.12. The number of carbonyl (C=O) groups is 1. The van der Waals surface area contributed by atoms with Gasteiger partial charge in [0.2, 0.25) is 0 Å². The molecule has 0 spiro atoms. The predicted molar refractivity (Wildman–Crippen MR) is 108 cm³/mol. The van der Waals surface area contributed by atoms with Gasteiger partial charge in [0.15, 0.2) is 6.61 Å². The molecule has 2 saturated heterocycles. The number of rotatable bonds is 6. The maximum atomic E-state index is 12.8. The first-order valence-corrected chi connectivity index (χ1v) is 10.4. The smallest absolute Gasteiger partial charge is 0.260 e. The van der Waals surface area contributed by atoms with Crippen molar-refractivity contribution in [2.24, 2.45) is 0 Å². The Balaban J connectivity index is 1.53. The molecule has 0 aromatic heterocycles. The summed E-state index contributed by atoms with van der Waals surface area (Å²) < 4.78 is 11.2. The molecule has 2 fully saturated rings. The van der Waals surface area contributed by atoms with Gasteiger partial charge in [-0.2, -0.15) is 0 Å². The lowest BCUT2D eigenvalue weighted by molar-refractivity contribution is -0.137. The Hall–Kier alpha value is -1.30. The number of hydrogen-bond acceptors (Lipinski definition) is 4. The van der Waals surface area contributed by atoms with E-state index in [0.717, 1.165) is 74.8 Å². The van der Waals surface area contributed by atoms with Crippen molar-refractivity contribution in [1.29, 1.82) is 0 Å². The number of piperidine rings is 1. The highest BCUT2D eigenvalue weighted by atomic mass is 35.5. The van der Waals surface area contributed by atoms with Crippen molar-refractivity contribution in [3.05, 3.63) is 28.3 Å². The third-order valence-corrected chi connectivity index (χ3v) is 6.20. The van der Waals surface area contributed by atoms with E-state index in [1.54, 1.807) is 0 Å². The van der Waals surface area contributed by atoms with Crippen LogP contribution in [0.2, 0.25) is 5.02 Å². The lowest BCUT2D eigenvalue weighted by Crippen LogP contribution is -2.47. The molecule has 3 rings (SSSR count). The molecule has 0 radical (unpaired) electrons. The van der Waals surface area contributed by atoms with Crippen molar-refractivity contribution >= 4 is 17.5 Å². The van der Waals surface area contributed by atoms with Gasteiger partial charge < -0.3 is 14.4 Å². The van der Waals surface area contributed by atoms with Crippen LogP contribution in [0.5, 0.6) is 5.75 Å². The van der Waals surface area contributed by atoms with Gasteiger partial charge >= 0.3 is 0 Å². The molecule has 27 heavy (non-hydrogen) atoms. The first-order valence-electron chi connectivity index (χ1n) is 10.0. The average molecular weight is 395 g/mol. The zero-order valence-electron chi connectivity index (χ0n) is 16.5. The SMILES string of the molecule is Cc1cc(OCC(=O)N2CCCC[C@H]2CCN2CCOCC2)cc(C)c1Cl. The van der Waals surface area contributed by atoms with Crippen molar-refractivity contribution in [1.82, 2.24) is 9.80 Å². The monoisotopic (exact) mass is 394 g/mol. The zero-order chi connectivity index (χ0) is 19.2. The van der Waals surface area contributed by atoms with Gasteiger partial charge in [0.25, 0.3) is 5.91 Å². The fraction of sp³-hybridized carbons (Fsp3) is 0.667. The van der Waals surface area contributed by atoms with Gasteiger partial charge in [-0.15, -0.1) is 0 Å². The maximum Gasteiger partial charge on any atom is 0.260 e. The number of halogens is 1. The van der Waals surface area contributed by atoms with E-state index >= 15 is 0 Å². The van der Waals surface area contributed by atoms with E-state index in [4.69, 9.17) is 21.1 Å². The Labute approximate surface area is 167 Å². The molecule has 0 unspecified atom stereocenters. The number of ether oxygens (including phenoxy) is 2. The molecule has 6 heteroatoms. The number of benzene rings is 1. The highest BCUT2D eigenvalue weighted by molar-refractivity contribution is 6.32. The number of aryl methyl sites for hydroxylation is 2. The van der Waals surface area contributed by atoms with Crippen molar-refractivity contribution in [2.75, 3.05) is 46.0 Å². The van der Waals surface area contributed by atoms with Crippen LogP contribution in [0.3, 0.4) is 0 Å². The predicted octanol–water partition coefficient (Wildman–Crippen LogP) is 3.44. The highest BCUT2D eigenvalue weighted by Gasteiger charge is 2.27. The fourth-order valence-electron chi connectivity index (χ4n) is 4.00. The second-order valence-corrected chi connectivity index (χ2v) is 8.02. The molecule has 2 aliphatic heterocycles. The van der Waals surface area contributed by atoms with E-state index in [1.165, 1.54) is 6.42 Å². The molecule has 0 bridgehead atoms. The van der Waals surface area contributed by atoms with Crippen molar-refractivity contribution in [3.63, 3.8) is 0 Å². The van der Waals surface area contributed by atoms with Crippen LogP contribution in [0.25, 0.3) is 0 Å². The normalized spacial score (nSPS) is 21.3. The van der Waals surface area contributed by atoms with Gasteiger partial charge in [-0.05, 0) is 62.8 Å². The average Bonchev–Trinajstić information content (AvgIpc) is 2.69. The molecule has 1 amide bonds. The van der Waals surface area contributed by atoms with E-state index in [1.807, 2.05) is 30.9 Å². The van der Waals surface area contributed by atoms with Crippen LogP contribution in [0.4, 0.5) is 0 Å². The summed E-state index contributed by atoms with van der Waals surface area (Å²) >= 11 is 6.21. The van der Waals surface area contributed by atoms with Crippen LogP contribution >= 0.6 is 11.6 Å². The van der Waals surface area contributed by atoms with Crippen molar-refractivity contribution in [3.8, 4) is 5.75 Å². The van der Waals surface area contributed by atoms with E-state index in [2.05, 4.69) is 4.90 Å². The third-order valence-electron chi connectivity index (χ3n) is 5.60. The van der Waals surface area contributed by atoms with Gasteiger partial charge in [0.1, 0.15) is 5.75 Å². The molecule has 150 valence electrons. The van der Waals surface area contributed by atoms with Crippen LogP contribution in [0.15, 0.2) is 12.1 Å². The summed E-state index contributed by atoms with van der Waals surface area (Å²) in [5.41, 5.74) is 1.95. The van der Waals surface area contributed by atoms with Crippen LogP contribution in [0.1, 0.15) is 36.8 Å². The summed E-state index contributed by atoms with van der Waals surface area (Å²) in [5, 5.41) is 0.757. The number of morpholine rings is 1. The number of amides is 1. The molecular weight excluding hydrogens is 364 g/mol. The molecule has 2 heterocycles. The minimum Gasteiger partial charge on any atom is -0.484 e. The Kier molecular flexibility index (Phi) is 7.39. The minimum atomic E-state index is 0.0898. The number of nitrogens with zero attached hydrogens (tertiary/aromatic N) is 2. The first kappa shape index (κ1) is 20.4. The Bertz CT molecular complexity index is 623. The number of carbonyl (C=O) groups excluding carboxylic acids is 1. The third kappa shape index (κ3) is 5.59. The second-order valence-electron chi connectivity index (χ2n) is 7.64. The zero-order valence-corrected chi connectivity index (χ0v) is 17.3. The van der Waals surface area contributed by atoms with Crippen LogP contribution in [-0.4, -0.2) is 67.7 Å². The van der Waals surface area contributed by atoms with Gasteiger partial charge in [-0.3, -0.25) is 9.69 Å². The summed E-state index contributed by atoms with van der Waals surface area (Å²) in [6.07, 6.45) is 4.41. The number of likely N-dealkylation sites (tertiary alicyclic amines) is 1. The largest absolute Gasteiger partial charge is 0.484 e. The van der Waals surface area contributed by atoms with E-state index in [-0.39, 0.29) is 12.5 Å². The molecule has 0 N–H and O–H groups in total. The highest BCUT2D eigenvalue weighted by Crippen LogP contribution is 2.26. The second kappa shape index (κ2) is 9.76.